The van der Waals surface area contributed by atoms with Crippen molar-refractivity contribution in [3.8, 4) is 0 Å². The standard InChI is InChI=1S/C11H14ClN5O/c1-7-8(6-16(2)15-7)11(18)13-5-10-9(12)4-14-17(10)3/h4,6H,5H2,1-3H3,(H,13,18). The molecule has 0 aliphatic rings. The molecule has 0 saturated carbocycles. The molecule has 1 N–H and O–H groups in total. The second kappa shape index (κ2) is 4.81. The third-order valence-corrected chi connectivity index (χ3v) is 3.00. The van der Waals surface area contributed by atoms with E-state index in [1.54, 1.807) is 42.8 Å². The molecule has 96 valence electrons. The fourth-order valence-electron chi connectivity index (χ4n) is 1.72. The lowest BCUT2D eigenvalue weighted by atomic mass is 10.2. The van der Waals surface area contributed by atoms with Crippen molar-refractivity contribution in [2.24, 2.45) is 14.1 Å². The number of rotatable bonds is 3. The maximum atomic E-state index is 12.0. The second-order valence-corrected chi connectivity index (χ2v) is 4.45. The normalized spacial score (nSPS) is 10.7. The first-order chi connectivity index (χ1) is 8.49. The average molecular weight is 268 g/mol. The third-order valence-electron chi connectivity index (χ3n) is 2.69. The molecule has 2 heterocycles. The number of aromatic nitrogens is 4. The molecule has 2 aromatic rings. The Morgan fingerprint density at radius 2 is 2.22 bits per heavy atom. The van der Waals surface area contributed by atoms with Gasteiger partial charge in [-0.2, -0.15) is 10.2 Å². The van der Waals surface area contributed by atoms with Crippen LogP contribution in [0.3, 0.4) is 0 Å². The molecule has 2 rings (SSSR count). The highest BCUT2D eigenvalue weighted by molar-refractivity contribution is 6.31. The molecule has 6 nitrogen and oxygen atoms in total. The van der Waals surface area contributed by atoms with Gasteiger partial charge in [0.2, 0.25) is 0 Å². The molecule has 18 heavy (non-hydrogen) atoms. The van der Waals surface area contributed by atoms with Gasteiger partial charge in [-0.25, -0.2) is 0 Å². The predicted molar refractivity (Wildman–Crippen MR) is 67.3 cm³/mol. The smallest absolute Gasteiger partial charge is 0.255 e. The number of hydrogen-bond acceptors (Lipinski definition) is 3. The van der Waals surface area contributed by atoms with Crippen molar-refractivity contribution < 1.29 is 4.79 Å². The number of nitrogens with zero attached hydrogens (tertiary/aromatic N) is 4. The summed E-state index contributed by atoms with van der Waals surface area (Å²) in [4.78, 5) is 12.0. The van der Waals surface area contributed by atoms with E-state index < -0.39 is 0 Å². The SMILES string of the molecule is Cc1nn(C)cc1C(=O)NCc1c(Cl)cnn1C. The number of nitrogens with one attached hydrogen (secondary N) is 1. The summed E-state index contributed by atoms with van der Waals surface area (Å²) in [5.41, 5.74) is 2.04. The molecule has 0 aliphatic carbocycles. The number of amides is 1. The van der Waals surface area contributed by atoms with Gasteiger partial charge in [0.25, 0.3) is 5.91 Å². The van der Waals surface area contributed by atoms with E-state index in [9.17, 15) is 4.79 Å². The topological polar surface area (TPSA) is 64.7 Å². The molecular formula is C11H14ClN5O. The van der Waals surface area contributed by atoms with Crippen molar-refractivity contribution in [3.05, 3.63) is 34.4 Å². The van der Waals surface area contributed by atoms with Crippen LogP contribution in [0, 0.1) is 6.92 Å². The average Bonchev–Trinajstić information content (AvgIpc) is 2.80. The summed E-state index contributed by atoms with van der Waals surface area (Å²) in [5.74, 6) is -0.169. The Morgan fingerprint density at radius 1 is 1.50 bits per heavy atom. The molecule has 0 spiro atoms. The maximum Gasteiger partial charge on any atom is 0.255 e. The van der Waals surface area contributed by atoms with Crippen molar-refractivity contribution in [2.45, 2.75) is 13.5 Å². The molecule has 2 aromatic heterocycles. The lowest BCUT2D eigenvalue weighted by molar-refractivity contribution is 0.0949. The van der Waals surface area contributed by atoms with E-state index in [2.05, 4.69) is 15.5 Å². The van der Waals surface area contributed by atoms with Gasteiger partial charge in [-0.3, -0.25) is 14.2 Å². The van der Waals surface area contributed by atoms with Crippen molar-refractivity contribution in [3.63, 3.8) is 0 Å². The molecular weight excluding hydrogens is 254 g/mol. The molecule has 0 bridgehead atoms. The van der Waals surface area contributed by atoms with Gasteiger partial charge in [0, 0.05) is 20.3 Å². The number of halogens is 1. The van der Waals surface area contributed by atoms with Crippen LogP contribution < -0.4 is 5.32 Å². The van der Waals surface area contributed by atoms with Gasteiger partial charge in [-0.1, -0.05) is 11.6 Å². The Morgan fingerprint density at radius 3 is 2.72 bits per heavy atom. The Bertz CT molecular complexity index is 567. The monoisotopic (exact) mass is 267 g/mol. The molecule has 0 aliphatic heterocycles. The quantitative estimate of drug-likeness (QED) is 0.904. The number of hydrogen-bond donors (Lipinski definition) is 1. The van der Waals surface area contributed by atoms with Gasteiger partial charge in [-0.15, -0.1) is 0 Å². The van der Waals surface area contributed by atoms with Crippen LogP contribution in [0.1, 0.15) is 21.7 Å². The van der Waals surface area contributed by atoms with Crippen LogP contribution in [-0.4, -0.2) is 25.5 Å². The van der Waals surface area contributed by atoms with Gasteiger partial charge in [0.05, 0.1) is 34.7 Å². The van der Waals surface area contributed by atoms with Crippen molar-refractivity contribution in [1.82, 2.24) is 24.9 Å². The Kier molecular flexibility index (Phi) is 3.38. The number of aryl methyl sites for hydroxylation is 3. The summed E-state index contributed by atoms with van der Waals surface area (Å²) < 4.78 is 3.25. The Hall–Kier alpha value is -1.82. The van der Waals surface area contributed by atoms with Crippen molar-refractivity contribution >= 4 is 17.5 Å². The van der Waals surface area contributed by atoms with E-state index in [-0.39, 0.29) is 5.91 Å². The van der Waals surface area contributed by atoms with Gasteiger partial charge in [0.1, 0.15) is 0 Å². The summed E-state index contributed by atoms with van der Waals surface area (Å²) >= 11 is 5.96. The fourth-order valence-corrected chi connectivity index (χ4v) is 1.95. The highest BCUT2D eigenvalue weighted by Gasteiger charge is 2.13. The largest absolute Gasteiger partial charge is 0.346 e. The van der Waals surface area contributed by atoms with Crippen LogP contribution in [0.4, 0.5) is 0 Å². The molecule has 0 saturated heterocycles. The molecule has 0 radical (unpaired) electrons. The van der Waals surface area contributed by atoms with E-state index in [0.29, 0.717) is 22.8 Å². The van der Waals surface area contributed by atoms with E-state index in [1.807, 2.05) is 0 Å². The molecule has 1 amide bonds. The van der Waals surface area contributed by atoms with Crippen LogP contribution in [-0.2, 0) is 20.6 Å². The molecule has 7 heteroatoms. The zero-order valence-electron chi connectivity index (χ0n) is 10.4. The van der Waals surface area contributed by atoms with Crippen LogP contribution >= 0.6 is 11.6 Å². The van der Waals surface area contributed by atoms with Gasteiger partial charge >= 0.3 is 0 Å². The van der Waals surface area contributed by atoms with Gasteiger partial charge < -0.3 is 5.32 Å². The number of carbonyl (C=O) groups excluding carboxylic acids is 1. The third kappa shape index (κ3) is 2.38. The summed E-state index contributed by atoms with van der Waals surface area (Å²) in [6.07, 6.45) is 3.24. The van der Waals surface area contributed by atoms with Crippen molar-refractivity contribution in [1.29, 1.82) is 0 Å². The van der Waals surface area contributed by atoms with Crippen molar-refractivity contribution in [2.75, 3.05) is 0 Å². The fraction of sp³-hybridized carbons (Fsp3) is 0.364. The Balaban J connectivity index is 2.07. The lowest BCUT2D eigenvalue weighted by Gasteiger charge is -2.05. The predicted octanol–water partition coefficient (Wildman–Crippen LogP) is 1.05. The zero-order valence-corrected chi connectivity index (χ0v) is 11.2. The van der Waals surface area contributed by atoms with E-state index in [1.165, 1.54) is 0 Å². The summed E-state index contributed by atoms with van der Waals surface area (Å²) in [6, 6.07) is 0. The minimum absolute atomic E-state index is 0.169. The van der Waals surface area contributed by atoms with E-state index in [0.717, 1.165) is 5.69 Å². The molecule has 0 unspecified atom stereocenters. The minimum Gasteiger partial charge on any atom is -0.346 e. The van der Waals surface area contributed by atoms with Crippen LogP contribution in [0.25, 0.3) is 0 Å². The zero-order chi connectivity index (χ0) is 13.3. The first-order valence-electron chi connectivity index (χ1n) is 5.44. The highest BCUT2D eigenvalue weighted by Crippen LogP contribution is 2.13. The first-order valence-corrected chi connectivity index (χ1v) is 5.81. The van der Waals surface area contributed by atoms with Gasteiger partial charge in [0.15, 0.2) is 0 Å². The number of carbonyl (C=O) groups is 1. The van der Waals surface area contributed by atoms with E-state index >= 15 is 0 Å². The highest BCUT2D eigenvalue weighted by atomic mass is 35.5. The van der Waals surface area contributed by atoms with Crippen LogP contribution in [0.2, 0.25) is 5.02 Å². The minimum atomic E-state index is -0.169. The van der Waals surface area contributed by atoms with Gasteiger partial charge in [-0.05, 0) is 6.92 Å². The summed E-state index contributed by atoms with van der Waals surface area (Å²) in [5, 5.41) is 11.5. The Labute approximate surface area is 110 Å². The van der Waals surface area contributed by atoms with E-state index in [4.69, 9.17) is 11.6 Å². The molecule has 0 fully saturated rings. The first kappa shape index (κ1) is 12.6. The maximum absolute atomic E-state index is 12.0. The molecule has 0 aromatic carbocycles. The van der Waals surface area contributed by atoms with Crippen LogP contribution in [0.5, 0.6) is 0 Å². The second-order valence-electron chi connectivity index (χ2n) is 4.05. The van der Waals surface area contributed by atoms with Crippen LogP contribution in [0.15, 0.2) is 12.4 Å². The summed E-state index contributed by atoms with van der Waals surface area (Å²) in [7, 11) is 3.56. The summed E-state index contributed by atoms with van der Waals surface area (Å²) in [6.45, 7) is 2.13. The molecule has 0 atom stereocenters. The lowest BCUT2D eigenvalue weighted by Crippen LogP contribution is -2.24.